The molecule has 0 nitrogen and oxygen atoms in total. The zero-order valence-corrected chi connectivity index (χ0v) is 7.74. The second-order valence-electron chi connectivity index (χ2n) is 3.92. The summed E-state index contributed by atoms with van der Waals surface area (Å²) in [5.74, 6) is 2.40. The fourth-order valence-corrected chi connectivity index (χ4v) is 2.34. The SMILES string of the molecule is CCC1C=CC[CH]C2C=CC1C2. The Morgan fingerprint density at radius 2 is 2.17 bits per heavy atom. The third kappa shape index (κ3) is 1.48. The van der Waals surface area contributed by atoms with Crippen LogP contribution in [0.2, 0.25) is 0 Å². The second kappa shape index (κ2) is 3.47. The lowest BCUT2D eigenvalue weighted by molar-refractivity contribution is 0.420. The monoisotopic (exact) mass is 161 g/mol. The van der Waals surface area contributed by atoms with E-state index in [4.69, 9.17) is 0 Å². The van der Waals surface area contributed by atoms with E-state index < -0.39 is 0 Å². The van der Waals surface area contributed by atoms with Crippen LogP contribution in [0.1, 0.15) is 26.2 Å². The number of allylic oxidation sites excluding steroid dienone is 4. The lowest BCUT2D eigenvalue weighted by Crippen LogP contribution is -2.10. The van der Waals surface area contributed by atoms with Crippen molar-refractivity contribution in [3.63, 3.8) is 0 Å². The maximum absolute atomic E-state index is 2.43. The molecule has 2 bridgehead atoms. The fourth-order valence-electron chi connectivity index (χ4n) is 2.34. The molecule has 3 unspecified atom stereocenters. The van der Waals surface area contributed by atoms with Gasteiger partial charge in [0.2, 0.25) is 0 Å². The minimum Gasteiger partial charge on any atom is -0.0879 e. The summed E-state index contributed by atoms with van der Waals surface area (Å²) in [5, 5.41) is 0. The van der Waals surface area contributed by atoms with Gasteiger partial charge in [-0.15, -0.1) is 0 Å². The van der Waals surface area contributed by atoms with Gasteiger partial charge in [0.25, 0.3) is 0 Å². The molecule has 0 saturated carbocycles. The highest BCUT2D eigenvalue weighted by molar-refractivity contribution is 5.14. The van der Waals surface area contributed by atoms with Crippen molar-refractivity contribution in [3.05, 3.63) is 30.7 Å². The molecular weight excluding hydrogens is 144 g/mol. The van der Waals surface area contributed by atoms with E-state index >= 15 is 0 Å². The standard InChI is InChI=1S/C12H17/c1-2-11-6-4-3-5-10-7-8-12(11)9-10/h4-8,10-12H,2-3,9H2,1H3. The lowest BCUT2D eigenvalue weighted by Gasteiger charge is -2.20. The zero-order chi connectivity index (χ0) is 8.39. The maximum atomic E-state index is 2.43. The molecule has 0 aromatic heterocycles. The van der Waals surface area contributed by atoms with Gasteiger partial charge in [0.1, 0.15) is 0 Å². The second-order valence-corrected chi connectivity index (χ2v) is 3.92. The van der Waals surface area contributed by atoms with E-state index in [1.165, 1.54) is 12.8 Å². The highest BCUT2D eigenvalue weighted by Gasteiger charge is 2.24. The van der Waals surface area contributed by atoms with E-state index in [1.54, 1.807) is 0 Å². The summed E-state index contributed by atoms with van der Waals surface area (Å²) in [6.07, 6.45) is 15.8. The van der Waals surface area contributed by atoms with Crippen molar-refractivity contribution in [1.29, 1.82) is 0 Å². The van der Waals surface area contributed by atoms with Crippen LogP contribution in [0.5, 0.6) is 0 Å². The summed E-state index contributed by atoms with van der Waals surface area (Å²) in [6, 6.07) is 0. The first-order valence-electron chi connectivity index (χ1n) is 5.08. The van der Waals surface area contributed by atoms with Crippen molar-refractivity contribution in [1.82, 2.24) is 0 Å². The van der Waals surface area contributed by atoms with Crippen LogP contribution in [0, 0.1) is 24.2 Å². The van der Waals surface area contributed by atoms with Gasteiger partial charge in [0.05, 0.1) is 0 Å². The van der Waals surface area contributed by atoms with Crippen LogP contribution < -0.4 is 0 Å². The van der Waals surface area contributed by atoms with Gasteiger partial charge in [0, 0.05) is 0 Å². The lowest BCUT2D eigenvalue weighted by atomic mass is 9.84. The Balaban J connectivity index is 2.12. The molecule has 0 fully saturated rings. The number of fused-ring (bicyclic) bond motifs is 2. The molecule has 0 N–H and O–H groups in total. The van der Waals surface area contributed by atoms with Gasteiger partial charge >= 0.3 is 0 Å². The van der Waals surface area contributed by atoms with Gasteiger partial charge in [0.15, 0.2) is 0 Å². The molecule has 0 amide bonds. The summed E-state index contributed by atoms with van der Waals surface area (Å²) < 4.78 is 0. The third-order valence-electron chi connectivity index (χ3n) is 3.13. The first-order chi connectivity index (χ1) is 5.90. The van der Waals surface area contributed by atoms with Gasteiger partial charge in [-0.3, -0.25) is 0 Å². The first-order valence-corrected chi connectivity index (χ1v) is 5.08. The molecule has 0 spiro atoms. The van der Waals surface area contributed by atoms with Crippen molar-refractivity contribution >= 4 is 0 Å². The molecule has 0 saturated heterocycles. The molecule has 0 heterocycles. The zero-order valence-electron chi connectivity index (χ0n) is 7.74. The normalized spacial score (nSPS) is 39.6. The van der Waals surface area contributed by atoms with Crippen molar-refractivity contribution < 1.29 is 0 Å². The Morgan fingerprint density at radius 3 is 3.00 bits per heavy atom. The summed E-state index contributed by atoms with van der Waals surface area (Å²) in [7, 11) is 0. The van der Waals surface area contributed by atoms with Crippen LogP contribution in [0.15, 0.2) is 24.3 Å². The third-order valence-corrected chi connectivity index (χ3v) is 3.13. The van der Waals surface area contributed by atoms with E-state index in [0.717, 1.165) is 24.2 Å². The van der Waals surface area contributed by atoms with E-state index in [0.29, 0.717) is 0 Å². The minimum atomic E-state index is 0.772. The highest BCUT2D eigenvalue weighted by atomic mass is 14.3. The Hall–Kier alpha value is -0.520. The molecule has 65 valence electrons. The minimum absolute atomic E-state index is 0.772. The Kier molecular flexibility index (Phi) is 2.34. The molecule has 1 radical (unpaired) electrons. The van der Waals surface area contributed by atoms with E-state index in [2.05, 4.69) is 37.6 Å². The van der Waals surface area contributed by atoms with Crippen LogP contribution in [0.4, 0.5) is 0 Å². The smallest absolute Gasteiger partial charge is 0.0165 e. The summed E-state index contributed by atoms with van der Waals surface area (Å²) in [6.45, 7) is 2.29. The topological polar surface area (TPSA) is 0 Å². The van der Waals surface area contributed by atoms with Crippen molar-refractivity contribution in [2.75, 3.05) is 0 Å². The number of rotatable bonds is 1. The number of hydrogen-bond acceptors (Lipinski definition) is 0. The van der Waals surface area contributed by atoms with Crippen LogP contribution in [-0.2, 0) is 0 Å². The van der Waals surface area contributed by atoms with E-state index in [1.807, 2.05) is 0 Å². The predicted molar refractivity (Wildman–Crippen MR) is 52.6 cm³/mol. The molecule has 2 aliphatic rings. The van der Waals surface area contributed by atoms with Crippen LogP contribution in [0.3, 0.4) is 0 Å². The molecule has 12 heavy (non-hydrogen) atoms. The largest absolute Gasteiger partial charge is 0.0879 e. The maximum Gasteiger partial charge on any atom is -0.0165 e. The summed E-state index contributed by atoms with van der Waals surface area (Å²) >= 11 is 0. The van der Waals surface area contributed by atoms with Crippen molar-refractivity contribution in [2.45, 2.75) is 26.2 Å². The molecule has 2 rings (SSSR count). The average molecular weight is 161 g/mol. The molecule has 3 atom stereocenters. The van der Waals surface area contributed by atoms with Gasteiger partial charge in [-0.2, -0.15) is 0 Å². The molecule has 0 aromatic carbocycles. The quantitative estimate of drug-likeness (QED) is 0.517. The number of hydrogen-bond donors (Lipinski definition) is 0. The summed E-state index contributed by atoms with van der Waals surface area (Å²) in [4.78, 5) is 0. The van der Waals surface area contributed by atoms with E-state index in [9.17, 15) is 0 Å². The molecule has 2 aliphatic carbocycles. The van der Waals surface area contributed by atoms with Crippen molar-refractivity contribution in [3.8, 4) is 0 Å². The van der Waals surface area contributed by atoms with Gasteiger partial charge in [-0.05, 0) is 43.4 Å². The Bertz CT molecular complexity index is 200. The van der Waals surface area contributed by atoms with Crippen molar-refractivity contribution in [2.24, 2.45) is 17.8 Å². The molecule has 0 heteroatoms. The van der Waals surface area contributed by atoms with Crippen LogP contribution in [0.25, 0.3) is 0 Å². The van der Waals surface area contributed by atoms with Crippen LogP contribution in [-0.4, -0.2) is 0 Å². The Labute approximate surface area is 75.4 Å². The molecule has 0 aliphatic heterocycles. The van der Waals surface area contributed by atoms with Gasteiger partial charge in [-0.1, -0.05) is 31.2 Å². The van der Waals surface area contributed by atoms with E-state index in [-0.39, 0.29) is 0 Å². The van der Waals surface area contributed by atoms with Crippen LogP contribution >= 0.6 is 0 Å². The summed E-state index contributed by atoms with van der Waals surface area (Å²) in [5.41, 5.74) is 0. The van der Waals surface area contributed by atoms with Gasteiger partial charge < -0.3 is 0 Å². The fraction of sp³-hybridized carbons (Fsp3) is 0.583. The van der Waals surface area contributed by atoms with Gasteiger partial charge in [-0.25, -0.2) is 0 Å². The predicted octanol–water partition coefficient (Wildman–Crippen LogP) is 3.37. The Morgan fingerprint density at radius 1 is 1.25 bits per heavy atom. The molecular formula is C12H17. The molecule has 0 aromatic rings. The first kappa shape index (κ1) is 8.10. The average Bonchev–Trinajstić information content (AvgIpc) is 2.50. The highest BCUT2D eigenvalue weighted by Crippen LogP contribution is 2.35.